The first-order valence-corrected chi connectivity index (χ1v) is 6.56. The minimum absolute atomic E-state index is 0.0803. The summed E-state index contributed by atoms with van der Waals surface area (Å²) in [6, 6.07) is 7.25. The van der Waals surface area contributed by atoms with Crippen molar-refractivity contribution in [2.75, 3.05) is 5.32 Å². The van der Waals surface area contributed by atoms with Crippen LogP contribution >= 0.6 is 0 Å². The molecule has 0 fully saturated rings. The van der Waals surface area contributed by atoms with Crippen LogP contribution in [0.15, 0.2) is 34.9 Å². The van der Waals surface area contributed by atoms with Crippen molar-refractivity contribution in [3.8, 4) is 11.3 Å². The summed E-state index contributed by atoms with van der Waals surface area (Å²) in [5.41, 5.74) is 7.37. The summed E-state index contributed by atoms with van der Waals surface area (Å²) in [6.07, 6.45) is 1.68. The van der Waals surface area contributed by atoms with E-state index in [-0.39, 0.29) is 17.9 Å². The molecule has 20 heavy (non-hydrogen) atoms. The fourth-order valence-electron chi connectivity index (χ4n) is 1.71. The summed E-state index contributed by atoms with van der Waals surface area (Å²) < 4.78 is 5.45. The Labute approximate surface area is 118 Å². The maximum atomic E-state index is 11.9. The number of nitrogens with one attached hydrogen (secondary N) is 1. The number of rotatable bonds is 4. The predicted octanol–water partition coefficient (Wildman–Crippen LogP) is 2.57. The second kappa shape index (κ2) is 5.88. The number of amides is 1. The third-order valence-electron chi connectivity index (χ3n) is 3.26. The zero-order valence-electron chi connectivity index (χ0n) is 11.9. The molecule has 0 saturated heterocycles. The second-order valence-electron chi connectivity index (χ2n) is 4.96. The summed E-state index contributed by atoms with van der Waals surface area (Å²) in [5.74, 6) is 1.03. The van der Waals surface area contributed by atoms with E-state index < -0.39 is 0 Å². The largest absolute Gasteiger partial charge is 0.441 e. The molecular formula is C15H19N3O2. The van der Waals surface area contributed by atoms with Crippen molar-refractivity contribution in [1.29, 1.82) is 0 Å². The molecule has 0 radical (unpaired) electrons. The third-order valence-corrected chi connectivity index (χ3v) is 3.26. The van der Waals surface area contributed by atoms with Crippen LogP contribution in [0.4, 0.5) is 5.69 Å². The van der Waals surface area contributed by atoms with Crippen molar-refractivity contribution in [2.45, 2.75) is 26.8 Å². The van der Waals surface area contributed by atoms with Gasteiger partial charge in [0.2, 0.25) is 5.91 Å². The second-order valence-corrected chi connectivity index (χ2v) is 4.96. The van der Waals surface area contributed by atoms with Crippen LogP contribution in [-0.4, -0.2) is 16.9 Å². The Balaban J connectivity index is 2.07. The molecule has 3 N–H and O–H groups in total. The smallest absolute Gasteiger partial charge is 0.228 e. The monoisotopic (exact) mass is 273 g/mol. The van der Waals surface area contributed by atoms with E-state index in [0.29, 0.717) is 11.7 Å². The molecule has 0 aliphatic rings. The van der Waals surface area contributed by atoms with E-state index in [1.165, 1.54) is 0 Å². The van der Waals surface area contributed by atoms with Crippen molar-refractivity contribution in [2.24, 2.45) is 11.7 Å². The van der Waals surface area contributed by atoms with Crippen LogP contribution in [0.3, 0.4) is 0 Å². The normalized spacial score (nSPS) is 13.8. The number of nitrogens with zero attached hydrogens (tertiary/aromatic N) is 1. The average Bonchev–Trinajstić information content (AvgIpc) is 2.85. The lowest BCUT2D eigenvalue weighted by atomic mass is 10.0. The van der Waals surface area contributed by atoms with E-state index in [9.17, 15) is 4.79 Å². The number of carbonyl (C=O) groups is 1. The molecule has 5 nitrogen and oxygen atoms in total. The average molecular weight is 273 g/mol. The molecule has 2 atom stereocenters. The van der Waals surface area contributed by atoms with Crippen molar-refractivity contribution >= 4 is 11.6 Å². The maximum absolute atomic E-state index is 11.9. The number of oxazole rings is 1. The Kier molecular flexibility index (Phi) is 4.20. The number of carbonyl (C=O) groups excluding carboxylic acids is 1. The fourth-order valence-corrected chi connectivity index (χ4v) is 1.71. The molecule has 0 saturated carbocycles. The number of benzene rings is 1. The first-order valence-electron chi connectivity index (χ1n) is 6.56. The number of hydrogen-bond acceptors (Lipinski definition) is 4. The highest BCUT2D eigenvalue weighted by Gasteiger charge is 2.17. The lowest BCUT2D eigenvalue weighted by Gasteiger charge is -2.15. The van der Waals surface area contributed by atoms with Gasteiger partial charge in [-0.2, -0.15) is 0 Å². The molecule has 0 aliphatic heterocycles. The quantitative estimate of drug-likeness (QED) is 0.897. The summed E-state index contributed by atoms with van der Waals surface area (Å²) in [4.78, 5) is 15.9. The first kappa shape index (κ1) is 14.3. The van der Waals surface area contributed by atoms with E-state index in [2.05, 4.69) is 10.3 Å². The van der Waals surface area contributed by atoms with Crippen LogP contribution in [0.25, 0.3) is 11.3 Å². The van der Waals surface area contributed by atoms with Crippen LogP contribution in [0.1, 0.15) is 19.7 Å². The SMILES string of the molecule is Cc1ncc(-c2ccc(NC(=O)C(C)C(C)N)cc2)o1. The standard InChI is InChI=1S/C15H19N3O2/c1-9(10(2)16)15(19)18-13-6-4-12(5-7-13)14-8-17-11(3)20-14/h4-10H,16H2,1-3H3,(H,18,19). The number of anilines is 1. The molecule has 1 amide bonds. The van der Waals surface area contributed by atoms with Crippen LogP contribution in [0.5, 0.6) is 0 Å². The summed E-state index contributed by atoms with van der Waals surface area (Å²) in [5, 5.41) is 2.84. The highest BCUT2D eigenvalue weighted by atomic mass is 16.4. The van der Waals surface area contributed by atoms with Crippen molar-refractivity contribution in [3.63, 3.8) is 0 Å². The van der Waals surface area contributed by atoms with Gasteiger partial charge in [-0.3, -0.25) is 4.79 Å². The van der Waals surface area contributed by atoms with Gasteiger partial charge in [-0.15, -0.1) is 0 Å². The molecule has 2 unspecified atom stereocenters. The van der Waals surface area contributed by atoms with Crippen LogP contribution in [-0.2, 0) is 4.79 Å². The Morgan fingerprint density at radius 1 is 1.30 bits per heavy atom. The molecule has 2 rings (SSSR count). The molecule has 106 valence electrons. The van der Waals surface area contributed by atoms with Crippen molar-refractivity contribution in [1.82, 2.24) is 4.98 Å². The van der Waals surface area contributed by atoms with E-state index in [0.717, 1.165) is 11.3 Å². The van der Waals surface area contributed by atoms with Gasteiger partial charge in [0.1, 0.15) is 0 Å². The van der Waals surface area contributed by atoms with Crippen molar-refractivity contribution < 1.29 is 9.21 Å². The van der Waals surface area contributed by atoms with Gasteiger partial charge in [-0.25, -0.2) is 4.98 Å². The molecule has 0 spiro atoms. The summed E-state index contributed by atoms with van der Waals surface area (Å²) >= 11 is 0. The van der Waals surface area contributed by atoms with Gasteiger partial charge in [0.15, 0.2) is 11.7 Å². The Bertz CT molecular complexity index is 587. The highest BCUT2D eigenvalue weighted by molar-refractivity contribution is 5.92. The molecule has 2 aromatic rings. The molecule has 1 aromatic carbocycles. The third kappa shape index (κ3) is 3.24. The van der Waals surface area contributed by atoms with Crippen LogP contribution in [0, 0.1) is 12.8 Å². The Hall–Kier alpha value is -2.14. The zero-order chi connectivity index (χ0) is 14.7. The number of aryl methyl sites for hydroxylation is 1. The number of aromatic nitrogens is 1. The zero-order valence-corrected chi connectivity index (χ0v) is 11.9. The fraction of sp³-hybridized carbons (Fsp3) is 0.333. The summed E-state index contributed by atoms with van der Waals surface area (Å²) in [6.45, 7) is 5.43. The lowest BCUT2D eigenvalue weighted by Crippen LogP contribution is -2.34. The van der Waals surface area contributed by atoms with Gasteiger partial charge in [0.25, 0.3) is 0 Å². The van der Waals surface area contributed by atoms with Crippen LogP contribution in [0.2, 0.25) is 0 Å². The Morgan fingerprint density at radius 3 is 2.45 bits per heavy atom. The molecule has 5 heteroatoms. The van der Waals surface area contributed by atoms with E-state index in [1.54, 1.807) is 13.1 Å². The Morgan fingerprint density at radius 2 is 1.95 bits per heavy atom. The summed E-state index contributed by atoms with van der Waals surface area (Å²) in [7, 11) is 0. The predicted molar refractivity (Wildman–Crippen MR) is 78.1 cm³/mol. The molecule has 1 aromatic heterocycles. The minimum atomic E-state index is -0.230. The van der Waals surface area contributed by atoms with E-state index in [1.807, 2.05) is 38.1 Å². The van der Waals surface area contributed by atoms with Crippen LogP contribution < -0.4 is 11.1 Å². The first-order chi connectivity index (χ1) is 9.47. The van der Waals surface area contributed by atoms with E-state index in [4.69, 9.17) is 10.2 Å². The van der Waals surface area contributed by atoms with Crippen molar-refractivity contribution in [3.05, 3.63) is 36.4 Å². The molecule has 0 aliphatic carbocycles. The van der Waals surface area contributed by atoms with E-state index >= 15 is 0 Å². The molecule has 0 bridgehead atoms. The van der Waals surface area contributed by atoms with Gasteiger partial charge in [0, 0.05) is 24.2 Å². The minimum Gasteiger partial charge on any atom is -0.441 e. The lowest BCUT2D eigenvalue weighted by molar-refractivity contribution is -0.119. The van der Waals surface area contributed by atoms with Gasteiger partial charge in [0.05, 0.1) is 12.1 Å². The number of hydrogen-bond donors (Lipinski definition) is 2. The van der Waals surface area contributed by atoms with Gasteiger partial charge in [-0.1, -0.05) is 6.92 Å². The molecule has 1 heterocycles. The van der Waals surface area contributed by atoms with Gasteiger partial charge < -0.3 is 15.5 Å². The highest BCUT2D eigenvalue weighted by Crippen LogP contribution is 2.22. The van der Waals surface area contributed by atoms with Gasteiger partial charge >= 0.3 is 0 Å². The van der Waals surface area contributed by atoms with Gasteiger partial charge in [-0.05, 0) is 31.2 Å². The number of nitrogens with two attached hydrogens (primary N) is 1. The molecular weight excluding hydrogens is 254 g/mol. The maximum Gasteiger partial charge on any atom is 0.228 e. The topological polar surface area (TPSA) is 81.2 Å².